The predicted molar refractivity (Wildman–Crippen MR) is 46.8 cm³/mol. The van der Waals surface area contributed by atoms with Gasteiger partial charge < -0.3 is 9.64 Å². The lowest BCUT2D eigenvalue weighted by Crippen LogP contribution is -2.49. The van der Waals surface area contributed by atoms with Gasteiger partial charge in [-0.2, -0.15) is 0 Å². The first-order valence-corrected chi connectivity index (χ1v) is 4.48. The first-order valence-electron chi connectivity index (χ1n) is 4.48. The Labute approximate surface area is 73.7 Å². The molecule has 0 spiro atoms. The number of nitrogens with zero attached hydrogens (tertiary/aromatic N) is 1. The second-order valence-corrected chi connectivity index (χ2v) is 3.80. The Morgan fingerprint density at radius 2 is 2.33 bits per heavy atom. The van der Waals surface area contributed by atoms with Crippen LogP contribution in [0.4, 0.5) is 0 Å². The number of ether oxygens (including phenoxy) is 1. The average molecular weight is 171 g/mol. The molecule has 1 fully saturated rings. The molecule has 1 amide bonds. The molecule has 12 heavy (non-hydrogen) atoms. The Bertz CT molecular complexity index is 168. The normalized spacial score (nSPS) is 25.2. The molecule has 70 valence electrons. The van der Waals surface area contributed by atoms with Crippen molar-refractivity contribution in [2.45, 2.75) is 26.8 Å². The van der Waals surface area contributed by atoms with Gasteiger partial charge in [0.1, 0.15) is 6.61 Å². The second kappa shape index (κ2) is 3.90. The Balaban J connectivity index is 2.51. The van der Waals surface area contributed by atoms with Gasteiger partial charge in [0.2, 0.25) is 5.91 Å². The fourth-order valence-corrected chi connectivity index (χ4v) is 1.41. The largest absolute Gasteiger partial charge is 0.370 e. The van der Waals surface area contributed by atoms with E-state index < -0.39 is 0 Å². The number of morpholine rings is 1. The van der Waals surface area contributed by atoms with E-state index in [9.17, 15) is 4.79 Å². The van der Waals surface area contributed by atoms with Crippen LogP contribution in [-0.2, 0) is 9.53 Å². The summed E-state index contributed by atoms with van der Waals surface area (Å²) in [6.07, 6.45) is 0. The van der Waals surface area contributed by atoms with Crippen LogP contribution in [0, 0.1) is 5.92 Å². The Morgan fingerprint density at radius 1 is 1.67 bits per heavy atom. The van der Waals surface area contributed by atoms with Crippen molar-refractivity contribution in [1.82, 2.24) is 4.90 Å². The molecule has 0 aromatic carbocycles. The summed E-state index contributed by atoms with van der Waals surface area (Å²) in [6, 6.07) is 0.244. The van der Waals surface area contributed by atoms with Gasteiger partial charge in [-0.25, -0.2) is 0 Å². The van der Waals surface area contributed by atoms with Crippen molar-refractivity contribution in [2.75, 3.05) is 19.8 Å². The molecule has 1 unspecified atom stereocenters. The van der Waals surface area contributed by atoms with Gasteiger partial charge in [0.05, 0.1) is 12.6 Å². The summed E-state index contributed by atoms with van der Waals surface area (Å²) < 4.78 is 5.11. The molecule has 1 heterocycles. The lowest BCUT2D eigenvalue weighted by atomic mass is 10.1. The SMILES string of the molecule is CC(C)CN1C(=O)COCC1C. The standard InChI is InChI=1S/C9H17NO2/c1-7(2)4-10-8(3)5-12-6-9(10)11/h7-8H,4-6H2,1-3H3. The highest BCUT2D eigenvalue weighted by Crippen LogP contribution is 2.09. The van der Waals surface area contributed by atoms with E-state index in [1.54, 1.807) is 0 Å². The van der Waals surface area contributed by atoms with Crippen LogP contribution in [0.5, 0.6) is 0 Å². The van der Waals surface area contributed by atoms with E-state index in [0.29, 0.717) is 12.5 Å². The van der Waals surface area contributed by atoms with E-state index in [1.807, 2.05) is 11.8 Å². The van der Waals surface area contributed by atoms with Gasteiger partial charge in [-0.3, -0.25) is 4.79 Å². The van der Waals surface area contributed by atoms with Crippen molar-refractivity contribution in [1.29, 1.82) is 0 Å². The summed E-state index contributed by atoms with van der Waals surface area (Å²) in [4.78, 5) is 13.3. The second-order valence-electron chi connectivity index (χ2n) is 3.80. The molecule has 1 aliphatic rings. The average Bonchev–Trinajstić information content (AvgIpc) is 1.97. The molecule has 3 nitrogen and oxygen atoms in total. The molecule has 3 heteroatoms. The lowest BCUT2D eigenvalue weighted by molar-refractivity contribution is -0.147. The Morgan fingerprint density at radius 3 is 2.83 bits per heavy atom. The number of carbonyl (C=O) groups is 1. The van der Waals surface area contributed by atoms with Crippen LogP contribution in [0.3, 0.4) is 0 Å². The van der Waals surface area contributed by atoms with Crippen molar-refractivity contribution < 1.29 is 9.53 Å². The third-order valence-corrected chi connectivity index (χ3v) is 2.00. The smallest absolute Gasteiger partial charge is 0.248 e. The van der Waals surface area contributed by atoms with E-state index in [-0.39, 0.29) is 18.6 Å². The lowest BCUT2D eigenvalue weighted by Gasteiger charge is -2.34. The van der Waals surface area contributed by atoms with Crippen LogP contribution in [0.15, 0.2) is 0 Å². The number of carbonyl (C=O) groups excluding carboxylic acids is 1. The molecule has 1 atom stereocenters. The summed E-state index contributed by atoms with van der Waals surface area (Å²) in [6.45, 7) is 8.06. The maximum absolute atomic E-state index is 11.3. The maximum Gasteiger partial charge on any atom is 0.248 e. The highest BCUT2D eigenvalue weighted by molar-refractivity contribution is 5.78. The van der Waals surface area contributed by atoms with Gasteiger partial charge >= 0.3 is 0 Å². The molecule has 0 radical (unpaired) electrons. The summed E-state index contributed by atoms with van der Waals surface area (Å²) in [5, 5.41) is 0. The van der Waals surface area contributed by atoms with Gasteiger partial charge in [0.15, 0.2) is 0 Å². The van der Waals surface area contributed by atoms with Gasteiger partial charge in [-0.1, -0.05) is 13.8 Å². The predicted octanol–water partition coefficient (Wildman–Crippen LogP) is 0.890. The van der Waals surface area contributed by atoms with Crippen molar-refractivity contribution in [3.63, 3.8) is 0 Å². The molecule has 0 bridgehead atoms. The van der Waals surface area contributed by atoms with Crippen LogP contribution < -0.4 is 0 Å². The zero-order valence-electron chi connectivity index (χ0n) is 8.04. The number of hydrogen-bond acceptors (Lipinski definition) is 2. The Hall–Kier alpha value is -0.570. The van der Waals surface area contributed by atoms with Crippen molar-refractivity contribution >= 4 is 5.91 Å². The summed E-state index contributed by atoms with van der Waals surface area (Å²) in [5.74, 6) is 0.664. The molecule has 1 saturated heterocycles. The minimum absolute atomic E-state index is 0.127. The number of rotatable bonds is 2. The monoisotopic (exact) mass is 171 g/mol. The first-order chi connectivity index (χ1) is 5.61. The number of hydrogen-bond donors (Lipinski definition) is 0. The molecule has 0 aromatic heterocycles. The van der Waals surface area contributed by atoms with Crippen LogP contribution in [-0.4, -0.2) is 36.6 Å². The van der Waals surface area contributed by atoms with Crippen molar-refractivity contribution in [3.8, 4) is 0 Å². The molecular weight excluding hydrogens is 154 g/mol. The molecule has 0 aromatic rings. The highest BCUT2D eigenvalue weighted by Gasteiger charge is 2.25. The van der Waals surface area contributed by atoms with E-state index in [1.165, 1.54) is 0 Å². The van der Waals surface area contributed by atoms with Gasteiger partial charge in [0.25, 0.3) is 0 Å². The quantitative estimate of drug-likeness (QED) is 0.617. The van der Waals surface area contributed by atoms with Gasteiger partial charge in [-0.05, 0) is 12.8 Å². The summed E-state index contributed by atoms with van der Waals surface area (Å²) >= 11 is 0. The van der Waals surface area contributed by atoms with E-state index in [0.717, 1.165) is 6.54 Å². The molecule has 1 rings (SSSR count). The fourth-order valence-electron chi connectivity index (χ4n) is 1.41. The summed E-state index contributed by atoms with van der Waals surface area (Å²) in [5.41, 5.74) is 0. The van der Waals surface area contributed by atoms with E-state index in [2.05, 4.69) is 13.8 Å². The minimum atomic E-state index is 0.127. The molecule has 0 saturated carbocycles. The van der Waals surface area contributed by atoms with Gasteiger partial charge in [0, 0.05) is 6.54 Å². The zero-order chi connectivity index (χ0) is 9.14. The van der Waals surface area contributed by atoms with Crippen LogP contribution in [0.1, 0.15) is 20.8 Å². The minimum Gasteiger partial charge on any atom is -0.370 e. The fraction of sp³-hybridized carbons (Fsp3) is 0.889. The van der Waals surface area contributed by atoms with E-state index >= 15 is 0 Å². The van der Waals surface area contributed by atoms with Gasteiger partial charge in [-0.15, -0.1) is 0 Å². The molecule has 0 aliphatic carbocycles. The van der Waals surface area contributed by atoms with Crippen LogP contribution in [0.25, 0.3) is 0 Å². The highest BCUT2D eigenvalue weighted by atomic mass is 16.5. The van der Waals surface area contributed by atoms with Crippen molar-refractivity contribution in [2.24, 2.45) is 5.92 Å². The first kappa shape index (κ1) is 9.52. The maximum atomic E-state index is 11.3. The van der Waals surface area contributed by atoms with E-state index in [4.69, 9.17) is 4.74 Å². The van der Waals surface area contributed by atoms with Crippen LogP contribution >= 0.6 is 0 Å². The third kappa shape index (κ3) is 2.21. The van der Waals surface area contributed by atoms with Crippen molar-refractivity contribution in [3.05, 3.63) is 0 Å². The Kier molecular flexibility index (Phi) is 3.09. The van der Waals surface area contributed by atoms with Crippen LogP contribution in [0.2, 0.25) is 0 Å². The summed E-state index contributed by atoms with van der Waals surface area (Å²) in [7, 11) is 0. The molecule has 1 aliphatic heterocycles. The zero-order valence-corrected chi connectivity index (χ0v) is 8.04. The third-order valence-electron chi connectivity index (χ3n) is 2.00. The topological polar surface area (TPSA) is 29.5 Å². The molecular formula is C9H17NO2. The number of amides is 1. The molecule has 0 N–H and O–H groups in total.